The molecule has 0 atom stereocenters. The molecule has 0 aliphatic carbocycles. The molecule has 32 heavy (non-hydrogen) atoms. The predicted octanol–water partition coefficient (Wildman–Crippen LogP) is 4.84. The summed E-state index contributed by atoms with van der Waals surface area (Å²) in [5.74, 6) is -0.489. The van der Waals surface area contributed by atoms with Crippen molar-refractivity contribution in [2.75, 3.05) is 12.4 Å². The van der Waals surface area contributed by atoms with Crippen LogP contribution in [0.3, 0.4) is 0 Å². The second-order valence-corrected chi connectivity index (χ2v) is 7.73. The average molecular weight is 430 g/mol. The zero-order valence-electron chi connectivity index (χ0n) is 18.1. The van der Waals surface area contributed by atoms with Crippen LogP contribution in [0.25, 0.3) is 5.57 Å². The van der Waals surface area contributed by atoms with Gasteiger partial charge in [-0.25, -0.2) is 4.39 Å². The Bertz CT molecular complexity index is 1210. The van der Waals surface area contributed by atoms with Crippen LogP contribution in [0.2, 0.25) is 0 Å². The molecule has 0 bridgehead atoms. The minimum absolute atomic E-state index is 0.130. The first-order valence-corrected chi connectivity index (χ1v) is 10.2. The Labute approximate surface area is 186 Å². The van der Waals surface area contributed by atoms with Crippen LogP contribution < -0.4 is 10.1 Å². The molecule has 6 heteroatoms. The number of halogens is 1. The lowest BCUT2D eigenvalue weighted by Crippen LogP contribution is -2.32. The van der Waals surface area contributed by atoms with Gasteiger partial charge in [-0.1, -0.05) is 30.3 Å². The van der Waals surface area contributed by atoms with Crippen molar-refractivity contribution in [2.45, 2.75) is 20.4 Å². The lowest BCUT2D eigenvalue weighted by Gasteiger charge is -2.16. The molecule has 0 radical (unpaired) electrons. The lowest BCUT2D eigenvalue weighted by molar-refractivity contribution is -0.137. The maximum Gasteiger partial charge on any atom is 0.278 e. The Balaban J connectivity index is 1.72. The van der Waals surface area contributed by atoms with Crippen LogP contribution in [-0.4, -0.2) is 23.8 Å². The number of amides is 2. The Morgan fingerprint density at radius 1 is 0.875 bits per heavy atom. The molecule has 1 aliphatic rings. The molecule has 0 spiro atoms. The molecule has 0 fully saturated rings. The van der Waals surface area contributed by atoms with Crippen LogP contribution in [0.1, 0.15) is 22.3 Å². The van der Waals surface area contributed by atoms with E-state index in [1.165, 1.54) is 29.2 Å². The minimum Gasteiger partial charge on any atom is -0.497 e. The van der Waals surface area contributed by atoms with Gasteiger partial charge < -0.3 is 10.1 Å². The van der Waals surface area contributed by atoms with Crippen molar-refractivity contribution < 1.29 is 18.7 Å². The van der Waals surface area contributed by atoms with E-state index < -0.39 is 5.91 Å². The van der Waals surface area contributed by atoms with Crippen molar-refractivity contribution >= 4 is 23.1 Å². The molecular formula is C26H23FN2O3. The van der Waals surface area contributed by atoms with Gasteiger partial charge in [0.1, 0.15) is 17.3 Å². The van der Waals surface area contributed by atoms with Crippen molar-refractivity contribution in [1.29, 1.82) is 0 Å². The Hall–Kier alpha value is -3.93. The summed E-state index contributed by atoms with van der Waals surface area (Å²) in [7, 11) is 1.58. The standard InChI is InChI=1S/C26H23FN2O3/c1-16-4-7-19(14-17(16)2)23-24(28-21-10-8-20(27)9-11-21)26(31)29(25(23)30)15-18-5-12-22(32-3)13-6-18/h4-14,28H,15H2,1-3H3. The van der Waals surface area contributed by atoms with Gasteiger partial charge in [-0.15, -0.1) is 0 Å². The number of carbonyl (C=O) groups excluding carboxylic acids is 2. The first-order valence-electron chi connectivity index (χ1n) is 10.2. The van der Waals surface area contributed by atoms with E-state index in [1.807, 2.05) is 44.2 Å². The molecule has 0 unspecified atom stereocenters. The van der Waals surface area contributed by atoms with Gasteiger partial charge in [-0.2, -0.15) is 0 Å². The molecular weight excluding hydrogens is 407 g/mol. The third kappa shape index (κ3) is 4.12. The second-order valence-electron chi connectivity index (χ2n) is 7.73. The van der Waals surface area contributed by atoms with E-state index in [2.05, 4.69) is 5.32 Å². The second kappa shape index (κ2) is 8.67. The third-order valence-electron chi connectivity index (χ3n) is 5.58. The number of hydrogen-bond donors (Lipinski definition) is 1. The van der Waals surface area contributed by atoms with Crippen LogP contribution in [-0.2, 0) is 16.1 Å². The zero-order valence-corrected chi connectivity index (χ0v) is 18.1. The van der Waals surface area contributed by atoms with Crippen LogP contribution in [0.4, 0.5) is 10.1 Å². The monoisotopic (exact) mass is 430 g/mol. The van der Waals surface area contributed by atoms with Crippen molar-refractivity contribution in [2.24, 2.45) is 0 Å². The van der Waals surface area contributed by atoms with E-state index in [4.69, 9.17) is 4.74 Å². The fourth-order valence-corrected chi connectivity index (χ4v) is 3.59. The van der Waals surface area contributed by atoms with E-state index in [9.17, 15) is 14.0 Å². The average Bonchev–Trinajstić information content (AvgIpc) is 3.02. The quantitative estimate of drug-likeness (QED) is 0.569. The number of ether oxygens (including phenoxy) is 1. The molecule has 3 aromatic carbocycles. The van der Waals surface area contributed by atoms with E-state index in [0.717, 1.165) is 16.7 Å². The maximum absolute atomic E-state index is 13.4. The van der Waals surface area contributed by atoms with Gasteiger partial charge in [0.15, 0.2) is 0 Å². The normalized spacial score (nSPS) is 13.7. The summed E-state index contributed by atoms with van der Waals surface area (Å²) < 4.78 is 18.5. The Morgan fingerprint density at radius 2 is 1.56 bits per heavy atom. The number of aryl methyl sites for hydroxylation is 2. The summed E-state index contributed by atoms with van der Waals surface area (Å²) in [6, 6.07) is 18.5. The highest BCUT2D eigenvalue weighted by atomic mass is 19.1. The largest absolute Gasteiger partial charge is 0.497 e. The number of anilines is 1. The van der Waals surface area contributed by atoms with Crippen molar-refractivity contribution in [3.63, 3.8) is 0 Å². The van der Waals surface area contributed by atoms with Crippen LogP contribution in [0.15, 0.2) is 72.4 Å². The molecule has 5 nitrogen and oxygen atoms in total. The molecule has 2 amide bonds. The van der Waals surface area contributed by atoms with E-state index in [1.54, 1.807) is 19.2 Å². The van der Waals surface area contributed by atoms with Crippen LogP contribution in [0.5, 0.6) is 5.75 Å². The number of nitrogens with one attached hydrogen (secondary N) is 1. The highest BCUT2D eigenvalue weighted by Gasteiger charge is 2.39. The number of methoxy groups -OCH3 is 1. The van der Waals surface area contributed by atoms with E-state index >= 15 is 0 Å². The molecule has 4 rings (SSSR count). The first kappa shape index (κ1) is 21.3. The summed E-state index contributed by atoms with van der Waals surface area (Å²) in [4.78, 5) is 28.0. The smallest absolute Gasteiger partial charge is 0.278 e. The van der Waals surface area contributed by atoms with Crippen LogP contribution in [0, 0.1) is 19.7 Å². The van der Waals surface area contributed by atoms with E-state index in [0.29, 0.717) is 22.6 Å². The lowest BCUT2D eigenvalue weighted by atomic mass is 9.99. The van der Waals surface area contributed by atoms with Crippen molar-refractivity contribution in [3.8, 4) is 5.75 Å². The summed E-state index contributed by atoms with van der Waals surface area (Å²) in [5, 5.41) is 3.05. The predicted molar refractivity (Wildman–Crippen MR) is 121 cm³/mol. The highest BCUT2D eigenvalue weighted by Crippen LogP contribution is 2.32. The fraction of sp³-hybridized carbons (Fsp3) is 0.154. The summed E-state index contributed by atoms with van der Waals surface area (Å²) in [5.41, 5.74) is 4.58. The van der Waals surface area contributed by atoms with Crippen LogP contribution >= 0.6 is 0 Å². The molecule has 0 saturated carbocycles. The summed E-state index contributed by atoms with van der Waals surface area (Å²) in [6.07, 6.45) is 0. The minimum atomic E-state index is -0.427. The molecule has 1 aliphatic heterocycles. The Morgan fingerprint density at radius 3 is 2.19 bits per heavy atom. The van der Waals surface area contributed by atoms with Gasteiger partial charge in [0.2, 0.25) is 0 Å². The molecule has 0 aromatic heterocycles. The van der Waals surface area contributed by atoms with E-state index in [-0.39, 0.29) is 24.0 Å². The van der Waals surface area contributed by atoms with Crippen molar-refractivity contribution in [1.82, 2.24) is 4.90 Å². The first-order chi connectivity index (χ1) is 15.4. The fourth-order valence-electron chi connectivity index (χ4n) is 3.59. The molecule has 0 saturated heterocycles. The van der Waals surface area contributed by atoms with Crippen molar-refractivity contribution in [3.05, 3.63) is 100 Å². The number of carbonyl (C=O) groups is 2. The topological polar surface area (TPSA) is 58.6 Å². The molecule has 3 aromatic rings. The summed E-state index contributed by atoms with van der Waals surface area (Å²) >= 11 is 0. The van der Waals surface area contributed by atoms with Gasteiger partial charge in [0.25, 0.3) is 11.8 Å². The summed E-state index contributed by atoms with van der Waals surface area (Å²) in [6.45, 7) is 4.08. The van der Waals surface area contributed by atoms with Gasteiger partial charge >= 0.3 is 0 Å². The SMILES string of the molecule is COc1ccc(CN2C(=O)C(Nc3ccc(F)cc3)=C(c3ccc(C)c(C)c3)C2=O)cc1. The zero-order chi connectivity index (χ0) is 22.8. The molecule has 162 valence electrons. The van der Waals surface area contributed by atoms with Gasteiger partial charge in [0, 0.05) is 5.69 Å². The third-order valence-corrected chi connectivity index (χ3v) is 5.58. The van der Waals surface area contributed by atoms with Gasteiger partial charge in [-0.05, 0) is 72.5 Å². The highest BCUT2D eigenvalue weighted by molar-refractivity contribution is 6.36. The molecule has 1 N–H and O–H groups in total. The van der Waals surface area contributed by atoms with Gasteiger partial charge in [0.05, 0.1) is 19.2 Å². The number of benzene rings is 3. The number of imide groups is 1. The number of rotatable bonds is 6. The number of nitrogens with zero attached hydrogens (tertiary/aromatic N) is 1. The Kier molecular flexibility index (Phi) is 5.77. The maximum atomic E-state index is 13.4. The van der Waals surface area contributed by atoms with Gasteiger partial charge in [-0.3, -0.25) is 14.5 Å². The molecule has 1 heterocycles. The number of hydrogen-bond acceptors (Lipinski definition) is 4.